The maximum atomic E-state index is 12.0. The molecule has 1 atom stereocenters. The van der Waals surface area contributed by atoms with Crippen LogP contribution in [0.5, 0.6) is 0 Å². The van der Waals surface area contributed by atoms with Crippen LogP contribution in [0.3, 0.4) is 0 Å². The second-order valence-electron chi connectivity index (χ2n) is 3.89. The lowest BCUT2D eigenvalue weighted by Crippen LogP contribution is -2.40. The molecule has 0 heterocycles. The molecule has 0 spiro atoms. The highest BCUT2D eigenvalue weighted by molar-refractivity contribution is 14.1. The first-order chi connectivity index (χ1) is 8.50. The summed E-state index contributed by atoms with van der Waals surface area (Å²) < 4.78 is 5.75. The van der Waals surface area contributed by atoms with Crippen molar-refractivity contribution in [3.63, 3.8) is 0 Å². The molecule has 5 heteroatoms. The van der Waals surface area contributed by atoms with Gasteiger partial charge in [0, 0.05) is 3.57 Å². The smallest absolute Gasteiger partial charge is 0.318 e. The first kappa shape index (κ1) is 14.5. The first-order valence-corrected chi connectivity index (χ1v) is 6.22. The molecule has 0 fully saturated rings. The summed E-state index contributed by atoms with van der Waals surface area (Å²) in [5.41, 5.74) is -0.675. The van der Waals surface area contributed by atoms with Crippen molar-refractivity contribution in [1.29, 1.82) is 10.5 Å². The second kappa shape index (κ2) is 5.83. The van der Waals surface area contributed by atoms with Crippen molar-refractivity contribution in [2.75, 3.05) is 7.11 Å². The van der Waals surface area contributed by atoms with Gasteiger partial charge >= 0.3 is 5.97 Å². The number of nitrogens with zero attached hydrogens (tertiary/aromatic N) is 2. The van der Waals surface area contributed by atoms with E-state index >= 15 is 0 Å². The van der Waals surface area contributed by atoms with Gasteiger partial charge in [-0.1, -0.05) is 12.1 Å². The molecule has 0 radical (unpaired) electrons. The van der Waals surface area contributed by atoms with E-state index in [1.54, 1.807) is 19.1 Å². The van der Waals surface area contributed by atoms with Gasteiger partial charge in [-0.15, -0.1) is 0 Å². The number of benzene rings is 1. The molecular formula is C13H11IN2O2. The van der Waals surface area contributed by atoms with Crippen molar-refractivity contribution in [2.45, 2.75) is 12.3 Å². The Labute approximate surface area is 119 Å². The molecule has 18 heavy (non-hydrogen) atoms. The Balaban J connectivity index is 3.39. The monoisotopic (exact) mass is 354 g/mol. The van der Waals surface area contributed by atoms with Gasteiger partial charge < -0.3 is 4.74 Å². The Kier molecular flexibility index (Phi) is 4.69. The third-order valence-corrected chi connectivity index (χ3v) is 3.61. The molecule has 4 nitrogen and oxygen atoms in total. The third kappa shape index (κ3) is 2.46. The average Bonchev–Trinajstić information content (AvgIpc) is 2.39. The summed E-state index contributed by atoms with van der Waals surface area (Å²) in [4.78, 5) is 12.0. The number of hydrogen-bond acceptors (Lipinski definition) is 4. The van der Waals surface area contributed by atoms with Gasteiger partial charge in [-0.2, -0.15) is 10.5 Å². The summed E-state index contributed by atoms with van der Waals surface area (Å²) in [5.74, 6) is -1.68. The normalized spacial score (nSPS) is 13.2. The van der Waals surface area contributed by atoms with Gasteiger partial charge in [0.05, 0.1) is 19.2 Å². The van der Waals surface area contributed by atoms with Gasteiger partial charge in [-0.3, -0.25) is 4.79 Å². The number of carbonyl (C=O) groups is 1. The van der Waals surface area contributed by atoms with E-state index in [2.05, 4.69) is 22.6 Å². The SMILES string of the molecule is COC(=O)[C@](C)(c1ccc(I)cc1)C(C#N)C#N. The van der Waals surface area contributed by atoms with E-state index < -0.39 is 17.3 Å². The van der Waals surface area contributed by atoms with Crippen molar-refractivity contribution in [1.82, 2.24) is 0 Å². The molecule has 1 aromatic carbocycles. The minimum Gasteiger partial charge on any atom is -0.468 e. The van der Waals surface area contributed by atoms with Gasteiger partial charge in [-0.05, 0) is 47.2 Å². The zero-order chi connectivity index (χ0) is 13.8. The highest BCUT2D eigenvalue weighted by Gasteiger charge is 2.45. The van der Waals surface area contributed by atoms with Gasteiger partial charge in [0.2, 0.25) is 0 Å². The number of carbonyl (C=O) groups excluding carboxylic acids is 1. The lowest BCUT2D eigenvalue weighted by atomic mass is 9.73. The topological polar surface area (TPSA) is 73.9 Å². The Morgan fingerprint density at radius 3 is 2.22 bits per heavy atom. The Bertz CT molecular complexity index is 513. The van der Waals surface area contributed by atoms with Crippen LogP contribution >= 0.6 is 22.6 Å². The molecule has 1 rings (SSSR count). The molecule has 0 N–H and O–H groups in total. The van der Waals surface area contributed by atoms with Crippen LogP contribution in [0.15, 0.2) is 24.3 Å². The first-order valence-electron chi connectivity index (χ1n) is 5.14. The van der Waals surface area contributed by atoms with Crippen LogP contribution in [-0.4, -0.2) is 13.1 Å². The van der Waals surface area contributed by atoms with Gasteiger partial charge in [-0.25, -0.2) is 0 Å². The Hall–Kier alpha value is -1.60. The summed E-state index contributed by atoms with van der Waals surface area (Å²) in [6.45, 7) is 1.55. The minimum absolute atomic E-state index is 0.586. The number of nitriles is 2. The van der Waals surface area contributed by atoms with E-state index in [1.807, 2.05) is 24.3 Å². The van der Waals surface area contributed by atoms with Crippen LogP contribution in [0, 0.1) is 32.2 Å². The van der Waals surface area contributed by atoms with Crippen LogP contribution in [0.25, 0.3) is 0 Å². The maximum Gasteiger partial charge on any atom is 0.318 e. The molecule has 0 aromatic heterocycles. The fraction of sp³-hybridized carbons (Fsp3) is 0.308. The van der Waals surface area contributed by atoms with Crippen LogP contribution in [0.4, 0.5) is 0 Å². The molecule has 92 valence electrons. The second-order valence-corrected chi connectivity index (χ2v) is 5.14. The fourth-order valence-electron chi connectivity index (χ4n) is 1.70. The van der Waals surface area contributed by atoms with E-state index in [4.69, 9.17) is 15.3 Å². The van der Waals surface area contributed by atoms with Gasteiger partial charge in [0.25, 0.3) is 0 Å². The van der Waals surface area contributed by atoms with Crippen LogP contribution in [-0.2, 0) is 14.9 Å². The summed E-state index contributed by atoms with van der Waals surface area (Å²) in [6.07, 6.45) is 0. The zero-order valence-corrected chi connectivity index (χ0v) is 12.1. The largest absolute Gasteiger partial charge is 0.468 e. The lowest BCUT2D eigenvalue weighted by molar-refractivity contribution is -0.147. The molecule has 1 aromatic rings. The molecule has 0 unspecified atom stereocenters. The molecule has 0 saturated carbocycles. The summed E-state index contributed by atoms with van der Waals surface area (Å²) in [6, 6.07) is 10.8. The van der Waals surface area contributed by atoms with Crippen LogP contribution < -0.4 is 0 Å². The minimum atomic E-state index is -1.28. The summed E-state index contributed by atoms with van der Waals surface area (Å²) in [5, 5.41) is 18.1. The van der Waals surface area contributed by atoms with Crippen molar-refractivity contribution < 1.29 is 9.53 Å². The van der Waals surface area contributed by atoms with Crippen LogP contribution in [0.1, 0.15) is 12.5 Å². The van der Waals surface area contributed by atoms with Gasteiger partial charge in [0.15, 0.2) is 5.92 Å². The van der Waals surface area contributed by atoms with E-state index in [-0.39, 0.29) is 0 Å². The van der Waals surface area contributed by atoms with E-state index in [0.29, 0.717) is 5.56 Å². The Morgan fingerprint density at radius 2 is 1.83 bits per heavy atom. The number of halogens is 1. The molecule has 0 saturated heterocycles. The highest BCUT2D eigenvalue weighted by Crippen LogP contribution is 2.33. The Morgan fingerprint density at radius 1 is 1.33 bits per heavy atom. The maximum absolute atomic E-state index is 12.0. The number of rotatable bonds is 3. The molecule has 0 amide bonds. The van der Waals surface area contributed by atoms with Crippen molar-refractivity contribution in [3.8, 4) is 12.1 Å². The zero-order valence-electron chi connectivity index (χ0n) is 9.98. The molecule has 0 bridgehead atoms. The molecule has 0 aliphatic carbocycles. The number of esters is 1. The number of ether oxygens (including phenoxy) is 1. The third-order valence-electron chi connectivity index (χ3n) is 2.89. The van der Waals surface area contributed by atoms with Crippen molar-refractivity contribution in [3.05, 3.63) is 33.4 Å². The standard InChI is InChI=1S/C13H11IN2O2/c1-13(12(17)18-2,10(7-15)8-16)9-3-5-11(14)6-4-9/h3-6,10H,1-2H3/t13-/m1/s1. The number of hydrogen-bond donors (Lipinski definition) is 0. The lowest BCUT2D eigenvalue weighted by Gasteiger charge is -2.27. The quantitative estimate of drug-likeness (QED) is 0.617. The predicted octanol–water partition coefficient (Wildman–Crippen LogP) is 2.39. The average molecular weight is 354 g/mol. The molecule has 0 aliphatic heterocycles. The fourth-order valence-corrected chi connectivity index (χ4v) is 2.06. The van der Waals surface area contributed by atoms with Crippen molar-refractivity contribution >= 4 is 28.6 Å². The molecular weight excluding hydrogens is 343 g/mol. The van der Waals surface area contributed by atoms with Gasteiger partial charge in [0.1, 0.15) is 5.41 Å². The van der Waals surface area contributed by atoms with E-state index in [0.717, 1.165) is 3.57 Å². The van der Waals surface area contributed by atoms with E-state index in [9.17, 15) is 4.79 Å². The van der Waals surface area contributed by atoms with Crippen molar-refractivity contribution in [2.24, 2.45) is 5.92 Å². The predicted molar refractivity (Wildman–Crippen MR) is 73.2 cm³/mol. The number of methoxy groups -OCH3 is 1. The van der Waals surface area contributed by atoms with E-state index in [1.165, 1.54) is 7.11 Å². The summed E-state index contributed by atoms with van der Waals surface area (Å²) in [7, 11) is 1.25. The highest BCUT2D eigenvalue weighted by atomic mass is 127. The van der Waals surface area contributed by atoms with Crippen LogP contribution in [0.2, 0.25) is 0 Å². The summed E-state index contributed by atoms with van der Waals surface area (Å²) >= 11 is 2.14. The molecule has 0 aliphatic rings.